The number of nitrogens with zero attached hydrogens (tertiary/aromatic N) is 1. The van der Waals surface area contributed by atoms with Gasteiger partial charge < -0.3 is 15.5 Å². The van der Waals surface area contributed by atoms with Crippen LogP contribution in [0.1, 0.15) is 19.4 Å². The van der Waals surface area contributed by atoms with E-state index in [0.717, 1.165) is 29.2 Å². The quantitative estimate of drug-likeness (QED) is 0.873. The van der Waals surface area contributed by atoms with Gasteiger partial charge in [0.2, 0.25) is 5.91 Å². The molecular weight excluding hydrogens is 322 g/mol. The van der Waals surface area contributed by atoms with E-state index in [0.29, 0.717) is 11.6 Å². The number of para-hydroxylation sites is 2. The molecule has 2 N–H and O–H groups in total. The third kappa shape index (κ3) is 3.65. The Balaban J connectivity index is 1.75. The van der Waals surface area contributed by atoms with E-state index in [1.54, 1.807) is 6.07 Å². The van der Waals surface area contributed by atoms with Gasteiger partial charge >= 0.3 is 0 Å². The van der Waals surface area contributed by atoms with E-state index in [1.165, 1.54) is 0 Å². The normalized spacial score (nSPS) is 15.4. The summed E-state index contributed by atoms with van der Waals surface area (Å²) in [4.78, 5) is 14.6. The molecule has 24 heavy (non-hydrogen) atoms. The fraction of sp³-hybridized carbons (Fsp3) is 0.316. The van der Waals surface area contributed by atoms with Gasteiger partial charge in [0.15, 0.2) is 0 Å². The molecule has 5 heteroatoms. The number of anilines is 3. The predicted molar refractivity (Wildman–Crippen MR) is 101 cm³/mol. The molecule has 0 aromatic heterocycles. The molecule has 1 aliphatic heterocycles. The first-order chi connectivity index (χ1) is 11.3. The van der Waals surface area contributed by atoms with Crippen molar-refractivity contribution in [3.05, 3.63) is 53.1 Å². The van der Waals surface area contributed by atoms with Gasteiger partial charge in [0, 0.05) is 22.8 Å². The van der Waals surface area contributed by atoms with Gasteiger partial charge in [0.1, 0.15) is 0 Å². The molecule has 0 bridgehead atoms. The Bertz CT molecular complexity index is 773. The molecule has 0 aliphatic carbocycles. The van der Waals surface area contributed by atoms with Gasteiger partial charge in [-0.15, -0.1) is 0 Å². The zero-order valence-electron chi connectivity index (χ0n) is 14.2. The summed E-state index contributed by atoms with van der Waals surface area (Å²) >= 11 is 6.12. The number of halogens is 1. The van der Waals surface area contributed by atoms with E-state index in [-0.39, 0.29) is 11.4 Å². The molecule has 2 aromatic carbocycles. The minimum Gasteiger partial charge on any atom is -0.377 e. The average Bonchev–Trinajstić information content (AvgIpc) is 2.50. The molecule has 0 fully saturated rings. The summed E-state index contributed by atoms with van der Waals surface area (Å²) in [5, 5.41) is 7.10. The van der Waals surface area contributed by atoms with Crippen molar-refractivity contribution in [1.82, 2.24) is 0 Å². The van der Waals surface area contributed by atoms with Crippen LogP contribution in [0.4, 0.5) is 17.1 Å². The van der Waals surface area contributed by atoms with Gasteiger partial charge in [0.05, 0.1) is 17.9 Å². The van der Waals surface area contributed by atoms with Crippen LogP contribution in [0.15, 0.2) is 42.5 Å². The summed E-state index contributed by atoms with van der Waals surface area (Å²) in [5.41, 5.74) is 3.72. The first-order valence-electron chi connectivity index (χ1n) is 8.02. The second kappa shape index (κ2) is 6.36. The van der Waals surface area contributed by atoms with Crippen LogP contribution in [-0.2, 0) is 4.79 Å². The van der Waals surface area contributed by atoms with E-state index < -0.39 is 0 Å². The zero-order chi connectivity index (χ0) is 17.3. The molecule has 3 rings (SSSR count). The van der Waals surface area contributed by atoms with Crippen molar-refractivity contribution in [3.8, 4) is 0 Å². The first-order valence-corrected chi connectivity index (χ1v) is 8.40. The maximum Gasteiger partial charge on any atom is 0.243 e. The summed E-state index contributed by atoms with van der Waals surface area (Å²) in [6.07, 6.45) is 0. The van der Waals surface area contributed by atoms with Gasteiger partial charge in [-0.1, -0.05) is 29.8 Å². The number of aryl methyl sites for hydroxylation is 1. The standard InChI is InChI=1S/C19H22ClN3O/c1-13-8-9-14(10-15(13)20)21-18(24)11-23-12-19(2,3)22-16-6-4-5-7-17(16)23/h4-10,22H,11-12H2,1-3H3,(H,21,24). The van der Waals surface area contributed by atoms with Crippen molar-refractivity contribution in [2.24, 2.45) is 0 Å². The number of rotatable bonds is 3. The molecule has 4 nitrogen and oxygen atoms in total. The lowest BCUT2D eigenvalue weighted by Crippen LogP contribution is -2.50. The Morgan fingerprint density at radius 1 is 1.29 bits per heavy atom. The van der Waals surface area contributed by atoms with Gasteiger partial charge in [-0.2, -0.15) is 0 Å². The van der Waals surface area contributed by atoms with Crippen LogP contribution in [0.2, 0.25) is 5.02 Å². The molecule has 0 spiro atoms. The monoisotopic (exact) mass is 343 g/mol. The van der Waals surface area contributed by atoms with Crippen LogP contribution in [0.5, 0.6) is 0 Å². The Hall–Kier alpha value is -2.20. The van der Waals surface area contributed by atoms with E-state index in [9.17, 15) is 4.79 Å². The molecule has 0 saturated heterocycles. The third-order valence-electron chi connectivity index (χ3n) is 4.09. The van der Waals surface area contributed by atoms with Gasteiger partial charge in [-0.3, -0.25) is 4.79 Å². The van der Waals surface area contributed by atoms with E-state index in [1.807, 2.05) is 43.3 Å². The van der Waals surface area contributed by atoms with Crippen molar-refractivity contribution in [2.45, 2.75) is 26.3 Å². The molecule has 1 aliphatic rings. The predicted octanol–water partition coefficient (Wildman–Crippen LogP) is 4.30. The number of nitrogens with one attached hydrogen (secondary N) is 2. The number of hydrogen-bond donors (Lipinski definition) is 2. The van der Waals surface area contributed by atoms with Gasteiger partial charge in [-0.25, -0.2) is 0 Å². The summed E-state index contributed by atoms with van der Waals surface area (Å²) in [7, 11) is 0. The molecule has 126 valence electrons. The number of hydrogen-bond acceptors (Lipinski definition) is 3. The maximum atomic E-state index is 12.5. The average molecular weight is 344 g/mol. The van der Waals surface area contributed by atoms with Crippen LogP contribution in [-0.4, -0.2) is 24.5 Å². The zero-order valence-corrected chi connectivity index (χ0v) is 14.9. The topological polar surface area (TPSA) is 44.4 Å². The summed E-state index contributed by atoms with van der Waals surface area (Å²) in [6.45, 7) is 7.26. The molecular formula is C19H22ClN3O. The van der Waals surface area contributed by atoms with Gasteiger partial charge in [0.25, 0.3) is 0 Å². The van der Waals surface area contributed by atoms with E-state index in [2.05, 4.69) is 29.4 Å². The van der Waals surface area contributed by atoms with Crippen molar-refractivity contribution in [2.75, 3.05) is 28.6 Å². The second-order valence-corrected chi connectivity index (χ2v) is 7.30. The van der Waals surface area contributed by atoms with Crippen molar-refractivity contribution in [1.29, 1.82) is 0 Å². The van der Waals surface area contributed by atoms with E-state index >= 15 is 0 Å². The molecule has 0 radical (unpaired) electrons. The lowest BCUT2D eigenvalue weighted by Gasteiger charge is -2.41. The fourth-order valence-electron chi connectivity index (χ4n) is 3.01. The largest absolute Gasteiger partial charge is 0.377 e. The summed E-state index contributed by atoms with van der Waals surface area (Å²) in [6, 6.07) is 13.6. The van der Waals surface area contributed by atoms with Crippen molar-refractivity contribution < 1.29 is 4.79 Å². The minimum atomic E-state index is -0.0954. The van der Waals surface area contributed by atoms with Crippen molar-refractivity contribution in [3.63, 3.8) is 0 Å². The Morgan fingerprint density at radius 2 is 2.04 bits per heavy atom. The Kier molecular flexibility index (Phi) is 4.41. The van der Waals surface area contributed by atoms with E-state index in [4.69, 9.17) is 11.6 Å². The number of benzene rings is 2. The molecule has 2 aromatic rings. The molecule has 0 atom stereocenters. The second-order valence-electron chi connectivity index (χ2n) is 6.89. The summed E-state index contributed by atoms with van der Waals surface area (Å²) in [5.74, 6) is -0.0533. The summed E-state index contributed by atoms with van der Waals surface area (Å²) < 4.78 is 0. The van der Waals surface area contributed by atoms with Gasteiger partial charge in [-0.05, 0) is 50.6 Å². The minimum absolute atomic E-state index is 0.0533. The molecule has 1 amide bonds. The fourth-order valence-corrected chi connectivity index (χ4v) is 3.19. The smallest absolute Gasteiger partial charge is 0.243 e. The maximum absolute atomic E-state index is 12.5. The lowest BCUT2D eigenvalue weighted by molar-refractivity contribution is -0.115. The highest BCUT2D eigenvalue weighted by atomic mass is 35.5. The number of amides is 1. The number of fused-ring (bicyclic) bond motifs is 1. The highest BCUT2D eigenvalue weighted by molar-refractivity contribution is 6.31. The van der Waals surface area contributed by atoms with Crippen molar-refractivity contribution >= 4 is 34.6 Å². The van der Waals surface area contributed by atoms with Crippen LogP contribution < -0.4 is 15.5 Å². The van der Waals surface area contributed by atoms with Crippen LogP contribution in [0.25, 0.3) is 0 Å². The van der Waals surface area contributed by atoms with Crippen LogP contribution in [0.3, 0.4) is 0 Å². The first kappa shape index (κ1) is 16.7. The Morgan fingerprint density at radius 3 is 2.79 bits per heavy atom. The highest BCUT2D eigenvalue weighted by Crippen LogP contribution is 2.33. The van der Waals surface area contributed by atoms with Crippen LogP contribution in [0, 0.1) is 6.92 Å². The molecule has 1 heterocycles. The SMILES string of the molecule is Cc1ccc(NC(=O)CN2CC(C)(C)Nc3ccccc32)cc1Cl. The lowest BCUT2D eigenvalue weighted by atomic mass is 9.99. The molecule has 0 saturated carbocycles. The number of carbonyl (C=O) groups is 1. The van der Waals surface area contributed by atoms with Crippen LogP contribution >= 0.6 is 11.6 Å². The molecule has 0 unspecified atom stereocenters. The third-order valence-corrected chi connectivity index (χ3v) is 4.50. The number of carbonyl (C=O) groups excluding carboxylic acids is 1. The highest BCUT2D eigenvalue weighted by Gasteiger charge is 2.30. The Labute approximate surface area is 147 Å².